The molecule has 0 saturated carbocycles. The predicted molar refractivity (Wildman–Crippen MR) is 42.4 cm³/mol. The Morgan fingerprint density at radius 2 is 1.18 bits per heavy atom. The van der Waals surface area contributed by atoms with Crippen molar-refractivity contribution in [3.05, 3.63) is 0 Å². The molecule has 0 amide bonds. The van der Waals surface area contributed by atoms with Gasteiger partial charge in [-0.2, -0.15) is 0 Å². The molecule has 0 atom stereocenters. The average Bonchev–Trinajstić information content (AvgIpc) is 1.58. The Morgan fingerprint density at radius 1 is 1.00 bits per heavy atom. The molecule has 0 aliphatic heterocycles. The van der Waals surface area contributed by atoms with Gasteiger partial charge in [0, 0.05) is 0 Å². The van der Waals surface area contributed by atoms with Gasteiger partial charge in [-0.05, 0) is 27.7 Å². The van der Waals surface area contributed by atoms with Crippen LogP contribution in [-0.2, 0) is 4.57 Å². The fourth-order valence-corrected chi connectivity index (χ4v) is 2.01. The van der Waals surface area contributed by atoms with Crippen LogP contribution in [0.5, 0.6) is 0 Å². The number of hydrogen-bond acceptors (Lipinski definition) is 3. The maximum absolute atomic E-state index is 11.3. The normalized spacial score (nSPS) is 15.2. The molecule has 0 aromatic heterocycles. The van der Waals surface area contributed by atoms with Gasteiger partial charge in [0.1, 0.15) is 10.7 Å². The van der Waals surface area contributed by atoms with Gasteiger partial charge in [-0.25, -0.2) is 0 Å². The summed E-state index contributed by atoms with van der Waals surface area (Å²) < 4.78 is 11.3. The van der Waals surface area contributed by atoms with Crippen molar-refractivity contribution < 1.29 is 19.7 Å². The second-order valence-electron chi connectivity index (χ2n) is 3.56. The van der Waals surface area contributed by atoms with Crippen molar-refractivity contribution >= 4 is 7.37 Å². The first-order valence-corrected chi connectivity index (χ1v) is 4.94. The van der Waals surface area contributed by atoms with Gasteiger partial charge >= 0.3 is 0 Å². The highest BCUT2D eigenvalue weighted by molar-refractivity contribution is 7.60. The summed E-state index contributed by atoms with van der Waals surface area (Å²) in [6.07, 6.45) is 0. The van der Waals surface area contributed by atoms with Crippen LogP contribution in [0.25, 0.3) is 0 Å². The van der Waals surface area contributed by atoms with E-state index in [4.69, 9.17) is 0 Å². The second-order valence-corrected chi connectivity index (χ2v) is 6.91. The van der Waals surface area contributed by atoms with Crippen molar-refractivity contribution in [1.29, 1.82) is 0 Å². The first-order valence-electron chi connectivity index (χ1n) is 3.28. The summed E-state index contributed by atoms with van der Waals surface area (Å²) in [6.45, 7) is 4.80. The highest BCUT2D eigenvalue weighted by atomic mass is 31.2. The summed E-state index contributed by atoms with van der Waals surface area (Å²) in [5.41, 5.74) is 0. The van der Waals surface area contributed by atoms with E-state index in [0.717, 1.165) is 0 Å². The molecule has 3 N–H and O–H groups in total. The van der Waals surface area contributed by atoms with E-state index in [2.05, 4.69) is 0 Å². The van der Waals surface area contributed by atoms with Gasteiger partial charge in [-0.15, -0.1) is 0 Å². The molecule has 4 nitrogen and oxygen atoms in total. The van der Waals surface area contributed by atoms with Gasteiger partial charge < -0.3 is 15.1 Å². The van der Waals surface area contributed by atoms with Crippen LogP contribution in [0.15, 0.2) is 0 Å². The lowest BCUT2D eigenvalue weighted by Crippen LogP contribution is -2.32. The number of rotatable bonds is 2. The van der Waals surface area contributed by atoms with E-state index in [1.807, 2.05) is 0 Å². The summed E-state index contributed by atoms with van der Waals surface area (Å²) in [5.74, 6) is 0. The topological polar surface area (TPSA) is 77.8 Å². The van der Waals surface area contributed by atoms with E-state index < -0.39 is 18.1 Å². The summed E-state index contributed by atoms with van der Waals surface area (Å²) >= 11 is 0. The Kier molecular flexibility index (Phi) is 2.58. The van der Waals surface area contributed by atoms with Crippen LogP contribution >= 0.6 is 7.37 Å². The van der Waals surface area contributed by atoms with Crippen LogP contribution < -0.4 is 0 Å². The van der Waals surface area contributed by atoms with Gasteiger partial charge in [-0.1, -0.05) is 0 Å². The van der Waals surface area contributed by atoms with Gasteiger partial charge in [0.15, 0.2) is 0 Å². The lowest BCUT2D eigenvalue weighted by Gasteiger charge is -2.33. The van der Waals surface area contributed by atoms with Crippen LogP contribution in [0.4, 0.5) is 0 Å². The minimum atomic E-state index is -3.95. The van der Waals surface area contributed by atoms with Gasteiger partial charge in [-0.3, -0.25) is 4.57 Å². The molecule has 0 spiro atoms. The average molecular weight is 182 g/mol. The zero-order valence-corrected chi connectivity index (χ0v) is 8.09. The van der Waals surface area contributed by atoms with Crippen LogP contribution in [0, 0.1) is 0 Å². The van der Waals surface area contributed by atoms with Crippen LogP contribution in [0.3, 0.4) is 0 Å². The van der Waals surface area contributed by atoms with E-state index in [0.29, 0.717) is 0 Å². The standard InChI is InChI=1S/C6H15O4P/c1-5(2,7)11(9,10)6(3,4)8/h7-8H,1-4H3,(H,9,10). The molecule has 0 aromatic carbocycles. The summed E-state index contributed by atoms with van der Waals surface area (Å²) in [7, 11) is -3.95. The number of aliphatic hydroxyl groups is 2. The molecule has 5 heteroatoms. The van der Waals surface area contributed by atoms with Crippen molar-refractivity contribution in [1.82, 2.24) is 0 Å². The molecule has 0 radical (unpaired) electrons. The van der Waals surface area contributed by atoms with Gasteiger partial charge in [0.25, 0.3) is 7.37 Å². The molecule has 0 heterocycles. The highest BCUT2D eigenvalue weighted by Gasteiger charge is 2.48. The third-order valence-corrected chi connectivity index (χ3v) is 4.45. The second kappa shape index (κ2) is 2.56. The zero-order chi connectivity index (χ0) is 9.50. The van der Waals surface area contributed by atoms with E-state index in [1.54, 1.807) is 0 Å². The first kappa shape index (κ1) is 11.1. The summed E-state index contributed by atoms with van der Waals surface area (Å²) in [5, 5.41) is 14.9. The third kappa shape index (κ3) is 2.03. The largest absolute Gasteiger partial charge is 0.380 e. The lowest BCUT2D eigenvalue weighted by molar-refractivity contribution is 0.0958. The molecule has 0 aliphatic carbocycles. The van der Waals surface area contributed by atoms with Crippen molar-refractivity contribution in [3.8, 4) is 0 Å². The molecule has 0 saturated heterocycles. The number of hydrogen-bond donors (Lipinski definition) is 3. The van der Waals surface area contributed by atoms with Crippen molar-refractivity contribution in [3.63, 3.8) is 0 Å². The minimum Gasteiger partial charge on any atom is -0.380 e. The zero-order valence-electron chi connectivity index (χ0n) is 7.20. The molecule has 68 valence electrons. The predicted octanol–water partition coefficient (Wildman–Crippen LogP) is 0.714. The Bertz CT molecular complexity index is 168. The van der Waals surface area contributed by atoms with Crippen LogP contribution in [0.1, 0.15) is 27.7 Å². The summed E-state index contributed by atoms with van der Waals surface area (Å²) in [6, 6.07) is 0. The van der Waals surface area contributed by atoms with E-state index in [-0.39, 0.29) is 0 Å². The minimum absolute atomic E-state index is 1.20. The van der Waals surface area contributed by atoms with Crippen LogP contribution in [-0.4, -0.2) is 25.8 Å². The Labute approximate surface area is 66.3 Å². The van der Waals surface area contributed by atoms with Crippen molar-refractivity contribution in [2.45, 2.75) is 38.4 Å². The fraction of sp³-hybridized carbons (Fsp3) is 1.00. The quantitative estimate of drug-likeness (QED) is 0.549. The van der Waals surface area contributed by atoms with Gasteiger partial charge in [0.2, 0.25) is 0 Å². The van der Waals surface area contributed by atoms with Crippen LogP contribution in [0.2, 0.25) is 0 Å². The first-order chi connectivity index (χ1) is 4.50. The van der Waals surface area contributed by atoms with Crippen molar-refractivity contribution in [2.24, 2.45) is 0 Å². The van der Waals surface area contributed by atoms with E-state index in [9.17, 15) is 19.7 Å². The third-order valence-electron chi connectivity index (χ3n) is 1.48. The Morgan fingerprint density at radius 3 is 1.18 bits per heavy atom. The molecule has 0 aliphatic rings. The molecular weight excluding hydrogens is 167 g/mol. The maximum Gasteiger partial charge on any atom is 0.260 e. The Balaban J connectivity index is 4.92. The lowest BCUT2D eigenvalue weighted by atomic mass is 10.5. The van der Waals surface area contributed by atoms with Crippen molar-refractivity contribution in [2.75, 3.05) is 0 Å². The highest BCUT2D eigenvalue weighted by Crippen LogP contribution is 2.61. The molecule has 0 rings (SSSR count). The molecule has 0 fully saturated rings. The molecule has 0 bridgehead atoms. The summed E-state index contributed by atoms with van der Waals surface area (Å²) in [4.78, 5) is 9.24. The smallest absolute Gasteiger partial charge is 0.260 e. The monoisotopic (exact) mass is 182 g/mol. The SMILES string of the molecule is CC(C)(O)P(=O)(O)C(C)(C)O. The Hall–Kier alpha value is 0.110. The molecule has 0 unspecified atom stereocenters. The molecular formula is C6H15O4P. The maximum atomic E-state index is 11.3. The van der Waals surface area contributed by atoms with E-state index in [1.165, 1.54) is 27.7 Å². The fourth-order valence-electron chi connectivity index (χ4n) is 0.670. The molecule has 11 heavy (non-hydrogen) atoms. The molecule has 0 aromatic rings. The van der Waals surface area contributed by atoms with E-state index >= 15 is 0 Å². The van der Waals surface area contributed by atoms with Gasteiger partial charge in [0.05, 0.1) is 0 Å².